The van der Waals surface area contributed by atoms with Gasteiger partial charge in [-0.2, -0.15) is 0 Å². The maximum atomic E-state index is 10.8. The summed E-state index contributed by atoms with van der Waals surface area (Å²) >= 11 is 0. The quantitative estimate of drug-likeness (QED) is 0.648. The normalized spacial score (nSPS) is 11.6. The first-order chi connectivity index (χ1) is 13.3. The number of benzene rings is 2. The molecule has 154 valence electrons. The van der Waals surface area contributed by atoms with Gasteiger partial charge in [-0.3, -0.25) is 0 Å². The van der Waals surface area contributed by atoms with Crippen molar-refractivity contribution in [3.63, 3.8) is 0 Å². The molecule has 2 rings (SSSR count). The summed E-state index contributed by atoms with van der Waals surface area (Å²) in [6.07, 6.45) is -0.612. The predicted molar refractivity (Wildman–Crippen MR) is 105 cm³/mol. The minimum absolute atomic E-state index is 0.00667. The van der Waals surface area contributed by atoms with Gasteiger partial charge in [0.1, 0.15) is 0 Å². The molecule has 28 heavy (non-hydrogen) atoms. The van der Waals surface area contributed by atoms with E-state index < -0.39 is 12.1 Å². The van der Waals surface area contributed by atoms with Crippen LogP contribution in [0.25, 0.3) is 0 Å². The Morgan fingerprint density at radius 1 is 0.929 bits per heavy atom. The first-order valence-electron chi connectivity index (χ1n) is 8.64. The van der Waals surface area contributed by atoms with Gasteiger partial charge in [-0.25, -0.2) is 9.59 Å². The van der Waals surface area contributed by atoms with Gasteiger partial charge in [0, 0.05) is 0 Å². The lowest BCUT2D eigenvalue weighted by atomic mass is 10.2. The van der Waals surface area contributed by atoms with Gasteiger partial charge in [0.2, 0.25) is 0 Å². The molecule has 0 aliphatic heterocycles. The molecule has 7 nitrogen and oxygen atoms in total. The van der Waals surface area contributed by atoms with Crippen LogP contribution in [0.1, 0.15) is 34.6 Å². The predicted octanol–water partition coefficient (Wildman–Crippen LogP) is 2.62. The fourth-order valence-electron chi connectivity index (χ4n) is 1.63. The minimum atomic E-state index is -0.879. The highest BCUT2D eigenvalue weighted by Crippen LogP contribution is 1.99. The van der Waals surface area contributed by atoms with Crippen molar-refractivity contribution in [2.24, 2.45) is 0 Å². The van der Waals surface area contributed by atoms with Crippen LogP contribution >= 0.6 is 0 Å². The van der Waals surface area contributed by atoms with Gasteiger partial charge in [0.25, 0.3) is 0 Å². The van der Waals surface area contributed by atoms with Gasteiger partial charge in [0.15, 0.2) is 0 Å². The van der Waals surface area contributed by atoms with Crippen molar-refractivity contribution >= 4 is 11.9 Å². The summed E-state index contributed by atoms with van der Waals surface area (Å²) < 4.78 is 9.45. The molecule has 0 aliphatic rings. The van der Waals surface area contributed by atoms with E-state index in [0.29, 0.717) is 17.7 Å². The van der Waals surface area contributed by atoms with Crippen LogP contribution in [-0.4, -0.2) is 59.8 Å². The molecular weight excluding hydrogens is 364 g/mol. The van der Waals surface area contributed by atoms with E-state index in [0.717, 1.165) is 0 Å². The van der Waals surface area contributed by atoms with E-state index in [2.05, 4.69) is 4.74 Å². The molecule has 0 radical (unpaired) electrons. The van der Waals surface area contributed by atoms with E-state index in [9.17, 15) is 9.59 Å². The van der Waals surface area contributed by atoms with Crippen LogP contribution in [0.15, 0.2) is 60.7 Å². The Labute approximate surface area is 165 Å². The Morgan fingerprint density at radius 3 is 1.71 bits per heavy atom. The molecule has 2 unspecified atom stereocenters. The van der Waals surface area contributed by atoms with Gasteiger partial charge < -0.3 is 24.8 Å². The number of carboxylic acid groups (broad SMARTS) is 1. The molecule has 7 heteroatoms. The van der Waals surface area contributed by atoms with Crippen molar-refractivity contribution in [3.05, 3.63) is 71.8 Å². The molecule has 0 fully saturated rings. The van der Waals surface area contributed by atoms with Crippen molar-refractivity contribution in [2.75, 3.05) is 20.3 Å². The van der Waals surface area contributed by atoms with Crippen LogP contribution in [0, 0.1) is 0 Å². The molecular formula is C21H28O7. The largest absolute Gasteiger partial charge is 0.478 e. The van der Waals surface area contributed by atoms with Gasteiger partial charge in [0.05, 0.1) is 43.7 Å². The Kier molecular flexibility index (Phi) is 13.8. The molecule has 3 N–H and O–H groups in total. The van der Waals surface area contributed by atoms with E-state index in [1.807, 2.05) is 6.07 Å². The van der Waals surface area contributed by atoms with Crippen LogP contribution in [0.5, 0.6) is 0 Å². The average Bonchev–Trinajstić information content (AvgIpc) is 2.73. The molecule has 0 saturated carbocycles. The molecule has 0 heterocycles. The number of carbonyl (C=O) groups is 2. The van der Waals surface area contributed by atoms with Crippen molar-refractivity contribution in [1.29, 1.82) is 0 Å². The Hall–Kier alpha value is -2.74. The number of aliphatic hydroxyl groups is 2. The lowest BCUT2D eigenvalue weighted by Crippen LogP contribution is -2.19. The minimum Gasteiger partial charge on any atom is -0.478 e. The SMILES string of the molecule is CC(O)COC(C)CO.COC(=O)c1ccccc1.O=C(O)c1ccccc1. The van der Waals surface area contributed by atoms with Crippen molar-refractivity contribution in [1.82, 2.24) is 0 Å². The van der Waals surface area contributed by atoms with Crippen LogP contribution in [0.3, 0.4) is 0 Å². The van der Waals surface area contributed by atoms with Crippen molar-refractivity contribution in [2.45, 2.75) is 26.1 Å². The van der Waals surface area contributed by atoms with E-state index in [-0.39, 0.29) is 18.7 Å². The number of methoxy groups -OCH3 is 1. The Balaban J connectivity index is 0.000000392. The number of ether oxygens (including phenoxy) is 2. The number of hydrogen-bond donors (Lipinski definition) is 3. The fourth-order valence-corrected chi connectivity index (χ4v) is 1.63. The maximum Gasteiger partial charge on any atom is 0.337 e. The summed E-state index contributed by atoms with van der Waals surface area (Å²) in [4.78, 5) is 21.0. The summed E-state index contributed by atoms with van der Waals surface area (Å²) in [5.74, 6) is -1.17. The van der Waals surface area contributed by atoms with E-state index in [4.69, 9.17) is 20.1 Å². The number of rotatable bonds is 6. The number of hydrogen-bond acceptors (Lipinski definition) is 6. The Morgan fingerprint density at radius 2 is 1.39 bits per heavy atom. The van der Waals surface area contributed by atoms with E-state index >= 15 is 0 Å². The molecule has 0 aliphatic carbocycles. The van der Waals surface area contributed by atoms with E-state index in [1.54, 1.807) is 68.4 Å². The second-order valence-corrected chi connectivity index (χ2v) is 5.70. The smallest absolute Gasteiger partial charge is 0.337 e. The van der Waals surface area contributed by atoms with Gasteiger partial charge in [-0.1, -0.05) is 36.4 Å². The summed E-state index contributed by atoms with van der Waals surface area (Å²) in [5.41, 5.74) is 0.919. The monoisotopic (exact) mass is 392 g/mol. The molecule has 0 saturated heterocycles. The highest BCUT2D eigenvalue weighted by Gasteiger charge is 2.01. The zero-order valence-electron chi connectivity index (χ0n) is 16.3. The lowest BCUT2D eigenvalue weighted by Gasteiger charge is -2.10. The average molecular weight is 392 g/mol. The van der Waals surface area contributed by atoms with Crippen LogP contribution in [0.2, 0.25) is 0 Å². The standard InChI is InChI=1S/C8H8O2.C7H6O2.C6H14O3/c1-10-8(9)7-5-3-2-4-6-7;8-7(9)6-4-2-1-3-5-6;1-5(8)4-9-6(2)3-7/h2-6H,1H3;1-5H,(H,8,9);5-8H,3-4H2,1-2H3. The second-order valence-electron chi connectivity index (χ2n) is 5.70. The van der Waals surface area contributed by atoms with Crippen LogP contribution in [0.4, 0.5) is 0 Å². The maximum absolute atomic E-state index is 10.8. The molecule has 0 aromatic heterocycles. The molecule has 0 spiro atoms. The van der Waals surface area contributed by atoms with E-state index in [1.165, 1.54) is 7.11 Å². The first-order valence-corrected chi connectivity index (χ1v) is 8.64. The third-order valence-corrected chi connectivity index (χ3v) is 3.09. The highest BCUT2D eigenvalue weighted by molar-refractivity contribution is 5.89. The third kappa shape index (κ3) is 12.6. The number of carbonyl (C=O) groups excluding carboxylic acids is 1. The number of aromatic carboxylic acids is 1. The Bertz CT molecular complexity index is 657. The van der Waals surface area contributed by atoms with Crippen molar-refractivity contribution in [3.8, 4) is 0 Å². The molecule has 2 aromatic carbocycles. The number of carboxylic acids is 1. The number of aliphatic hydroxyl groups excluding tert-OH is 2. The van der Waals surface area contributed by atoms with Gasteiger partial charge in [-0.05, 0) is 38.1 Å². The zero-order valence-corrected chi connectivity index (χ0v) is 16.3. The first kappa shape index (κ1) is 25.3. The summed E-state index contributed by atoms with van der Waals surface area (Å²) in [6, 6.07) is 17.2. The molecule has 0 bridgehead atoms. The zero-order chi connectivity index (χ0) is 21.4. The second kappa shape index (κ2) is 15.3. The van der Waals surface area contributed by atoms with Crippen molar-refractivity contribution < 1.29 is 34.4 Å². The van der Waals surface area contributed by atoms with Crippen LogP contribution in [-0.2, 0) is 9.47 Å². The number of esters is 1. The highest BCUT2D eigenvalue weighted by atomic mass is 16.5. The van der Waals surface area contributed by atoms with Gasteiger partial charge in [-0.15, -0.1) is 0 Å². The summed E-state index contributed by atoms with van der Waals surface area (Å²) in [6.45, 7) is 3.70. The molecule has 2 aromatic rings. The molecule has 2 atom stereocenters. The summed E-state index contributed by atoms with van der Waals surface area (Å²) in [7, 11) is 1.37. The topological polar surface area (TPSA) is 113 Å². The third-order valence-electron chi connectivity index (χ3n) is 3.09. The fraction of sp³-hybridized carbons (Fsp3) is 0.333. The molecule has 0 amide bonds. The van der Waals surface area contributed by atoms with Gasteiger partial charge >= 0.3 is 11.9 Å². The summed E-state index contributed by atoms with van der Waals surface area (Å²) in [5, 5.41) is 25.5. The lowest BCUT2D eigenvalue weighted by molar-refractivity contribution is -0.0177. The van der Waals surface area contributed by atoms with Crippen LogP contribution < -0.4 is 0 Å².